The topological polar surface area (TPSA) is 80.5 Å². The van der Waals surface area contributed by atoms with Crippen LogP contribution >= 0.6 is 0 Å². The summed E-state index contributed by atoms with van der Waals surface area (Å²) in [7, 11) is 0. The van der Waals surface area contributed by atoms with E-state index in [-0.39, 0.29) is 10.6 Å². The molecule has 0 radical (unpaired) electrons. The van der Waals surface area contributed by atoms with Gasteiger partial charge in [0, 0.05) is 49.4 Å². The van der Waals surface area contributed by atoms with E-state index in [1.54, 1.807) is 12.1 Å². The lowest BCUT2D eigenvalue weighted by Crippen LogP contribution is -2.39. The molecule has 0 spiro atoms. The fourth-order valence-corrected chi connectivity index (χ4v) is 3.83. The molecule has 2 aromatic carbocycles. The van der Waals surface area contributed by atoms with Crippen LogP contribution in [-0.2, 0) is 4.74 Å². The van der Waals surface area contributed by atoms with Crippen LogP contribution in [0.4, 0.5) is 11.4 Å². The van der Waals surface area contributed by atoms with E-state index in [9.17, 15) is 10.1 Å². The third-order valence-corrected chi connectivity index (χ3v) is 5.47. The number of hydrogen-bond acceptors (Lipinski definition) is 6. The Bertz CT molecular complexity index is 1050. The first kappa shape index (κ1) is 21.0. The van der Waals surface area contributed by atoms with Gasteiger partial charge >= 0.3 is 0 Å². The Hall–Kier alpha value is -3.29. The fourth-order valence-electron chi connectivity index (χ4n) is 3.83. The lowest BCUT2D eigenvalue weighted by Gasteiger charge is -2.27. The van der Waals surface area contributed by atoms with Gasteiger partial charge in [0.05, 0.1) is 35.2 Å². The third-order valence-electron chi connectivity index (χ3n) is 5.47. The summed E-state index contributed by atoms with van der Waals surface area (Å²) in [6, 6.07) is 18.7. The number of aryl methyl sites for hydroxylation is 1. The van der Waals surface area contributed by atoms with Crippen molar-refractivity contribution in [3.05, 3.63) is 76.5 Å². The molecule has 7 nitrogen and oxygen atoms in total. The molecule has 1 aliphatic heterocycles. The van der Waals surface area contributed by atoms with Crippen molar-refractivity contribution in [3.8, 4) is 22.4 Å². The summed E-state index contributed by atoms with van der Waals surface area (Å²) in [6.45, 7) is 7.04. The van der Waals surface area contributed by atoms with Crippen LogP contribution in [0.15, 0.2) is 60.7 Å². The summed E-state index contributed by atoms with van der Waals surface area (Å²) >= 11 is 0. The van der Waals surface area contributed by atoms with Crippen LogP contribution in [0.5, 0.6) is 0 Å². The van der Waals surface area contributed by atoms with E-state index in [1.165, 1.54) is 6.07 Å². The zero-order chi connectivity index (χ0) is 21.6. The molecule has 1 saturated heterocycles. The van der Waals surface area contributed by atoms with Crippen molar-refractivity contribution >= 4 is 11.4 Å². The van der Waals surface area contributed by atoms with Crippen LogP contribution in [0.1, 0.15) is 5.69 Å². The minimum Gasteiger partial charge on any atom is -0.382 e. The molecule has 0 saturated carbocycles. The van der Waals surface area contributed by atoms with Crippen molar-refractivity contribution in [2.75, 3.05) is 44.7 Å². The van der Waals surface area contributed by atoms with Gasteiger partial charge in [0.25, 0.3) is 5.69 Å². The fraction of sp³-hybridized carbons (Fsp3) is 0.292. The first-order valence-electron chi connectivity index (χ1n) is 10.5. The van der Waals surface area contributed by atoms with E-state index in [0.717, 1.165) is 73.2 Å². The lowest BCUT2D eigenvalue weighted by atomic mass is 9.99. The summed E-state index contributed by atoms with van der Waals surface area (Å²) in [5, 5.41) is 14.9. The van der Waals surface area contributed by atoms with Gasteiger partial charge in [-0.1, -0.05) is 42.5 Å². The van der Waals surface area contributed by atoms with Crippen LogP contribution in [0.3, 0.4) is 0 Å². The summed E-state index contributed by atoms with van der Waals surface area (Å²) in [5.41, 5.74) is 5.42. The average Bonchev–Trinajstić information content (AvgIpc) is 2.81. The van der Waals surface area contributed by atoms with Crippen molar-refractivity contribution in [2.45, 2.75) is 6.92 Å². The number of anilines is 1. The first-order valence-corrected chi connectivity index (χ1v) is 10.5. The summed E-state index contributed by atoms with van der Waals surface area (Å²) < 4.78 is 5.42. The maximum atomic E-state index is 11.3. The van der Waals surface area contributed by atoms with Gasteiger partial charge < -0.3 is 10.1 Å². The minimum atomic E-state index is -0.360. The Balaban J connectivity index is 1.68. The zero-order valence-electron chi connectivity index (χ0n) is 17.6. The highest BCUT2D eigenvalue weighted by atomic mass is 16.6. The van der Waals surface area contributed by atoms with Crippen LogP contribution in [0.25, 0.3) is 22.4 Å². The third kappa shape index (κ3) is 5.07. The van der Waals surface area contributed by atoms with Crippen molar-refractivity contribution in [1.29, 1.82) is 0 Å². The van der Waals surface area contributed by atoms with Crippen LogP contribution in [-0.4, -0.2) is 54.2 Å². The monoisotopic (exact) mass is 418 g/mol. The number of morpholine rings is 1. The smallest absolute Gasteiger partial charge is 0.270 e. The second kappa shape index (κ2) is 9.68. The molecule has 0 unspecified atom stereocenters. The summed E-state index contributed by atoms with van der Waals surface area (Å²) in [4.78, 5) is 18.2. The van der Waals surface area contributed by atoms with E-state index in [0.29, 0.717) is 0 Å². The molecular formula is C24H26N4O3. The molecular weight excluding hydrogens is 392 g/mol. The molecule has 0 atom stereocenters. The number of nitrogens with zero attached hydrogens (tertiary/aromatic N) is 3. The molecule has 0 amide bonds. The molecule has 0 bridgehead atoms. The number of nitro benzene ring substituents is 1. The molecule has 1 N–H and O–H groups in total. The number of nitrogens with one attached hydrogen (secondary N) is 1. The highest BCUT2D eigenvalue weighted by Crippen LogP contribution is 2.35. The van der Waals surface area contributed by atoms with Crippen molar-refractivity contribution < 1.29 is 9.66 Å². The molecule has 1 fully saturated rings. The van der Waals surface area contributed by atoms with Gasteiger partial charge in [-0.15, -0.1) is 0 Å². The minimum absolute atomic E-state index is 0.0764. The van der Waals surface area contributed by atoms with Crippen LogP contribution in [0.2, 0.25) is 0 Å². The van der Waals surface area contributed by atoms with Gasteiger partial charge in [0.15, 0.2) is 0 Å². The molecule has 1 aliphatic rings. The summed E-state index contributed by atoms with van der Waals surface area (Å²) in [6.07, 6.45) is 0. The zero-order valence-corrected chi connectivity index (χ0v) is 17.6. The Kier molecular flexibility index (Phi) is 6.54. The summed E-state index contributed by atoms with van der Waals surface area (Å²) in [5.74, 6) is 0. The van der Waals surface area contributed by atoms with Gasteiger partial charge in [-0.3, -0.25) is 20.0 Å². The predicted octanol–water partition coefficient (Wildman–Crippen LogP) is 4.38. The maximum absolute atomic E-state index is 11.3. The quantitative estimate of drug-likeness (QED) is 0.453. The molecule has 2 heterocycles. The Labute approximate surface area is 181 Å². The van der Waals surface area contributed by atoms with Crippen molar-refractivity contribution in [3.63, 3.8) is 0 Å². The molecule has 1 aromatic heterocycles. The second-order valence-corrected chi connectivity index (χ2v) is 7.57. The number of non-ortho nitro benzene ring substituents is 1. The molecule has 0 aliphatic carbocycles. The van der Waals surface area contributed by atoms with E-state index in [2.05, 4.69) is 10.2 Å². The highest BCUT2D eigenvalue weighted by molar-refractivity contribution is 5.83. The molecule has 3 aromatic rings. The van der Waals surface area contributed by atoms with Gasteiger partial charge in [-0.2, -0.15) is 0 Å². The largest absolute Gasteiger partial charge is 0.382 e. The molecule has 7 heteroatoms. The predicted molar refractivity (Wildman–Crippen MR) is 122 cm³/mol. The first-order chi connectivity index (χ1) is 15.1. The lowest BCUT2D eigenvalue weighted by molar-refractivity contribution is -0.384. The molecule has 160 valence electrons. The number of aromatic nitrogens is 1. The number of rotatable bonds is 7. The van der Waals surface area contributed by atoms with Gasteiger partial charge in [0.2, 0.25) is 0 Å². The standard InChI is InChI=1S/C24H26N4O3/c1-18-24(25-10-11-27-12-14-31-15-13-27)22(20-8-5-9-21(16-20)28(29)30)17-23(26-18)19-6-3-2-4-7-19/h2-9,16-17,25H,10-15H2,1H3. The van der Waals surface area contributed by atoms with Crippen molar-refractivity contribution in [2.24, 2.45) is 0 Å². The van der Waals surface area contributed by atoms with E-state index in [1.807, 2.05) is 49.4 Å². The average molecular weight is 418 g/mol. The van der Waals surface area contributed by atoms with Gasteiger partial charge in [0.1, 0.15) is 0 Å². The normalized spacial score (nSPS) is 14.4. The number of pyridine rings is 1. The van der Waals surface area contributed by atoms with Crippen LogP contribution < -0.4 is 5.32 Å². The number of hydrogen-bond donors (Lipinski definition) is 1. The van der Waals surface area contributed by atoms with E-state index in [4.69, 9.17) is 9.72 Å². The van der Waals surface area contributed by atoms with Crippen molar-refractivity contribution in [1.82, 2.24) is 9.88 Å². The van der Waals surface area contributed by atoms with E-state index >= 15 is 0 Å². The van der Waals surface area contributed by atoms with Gasteiger partial charge in [-0.05, 0) is 18.6 Å². The number of benzene rings is 2. The SMILES string of the molecule is Cc1nc(-c2ccccc2)cc(-c2cccc([N+](=O)[O-])c2)c1NCCN1CCOCC1. The molecule has 31 heavy (non-hydrogen) atoms. The van der Waals surface area contributed by atoms with Crippen LogP contribution in [0, 0.1) is 17.0 Å². The van der Waals surface area contributed by atoms with E-state index < -0.39 is 0 Å². The highest BCUT2D eigenvalue weighted by Gasteiger charge is 2.16. The second-order valence-electron chi connectivity index (χ2n) is 7.57. The Morgan fingerprint density at radius 3 is 2.55 bits per heavy atom. The Morgan fingerprint density at radius 1 is 1.06 bits per heavy atom. The maximum Gasteiger partial charge on any atom is 0.270 e. The number of nitro groups is 1. The molecule has 4 rings (SSSR count). The number of ether oxygens (including phenoxy) is 1. The Morgan fingerprint density at radius 2 is 1.81 bits per heavy atom. The van der Waals surface area contributed by atoms with Gasteiger partial charge in [-0.25, -0.2) is 0 Å².